The van der Waals surface area contributed by atoms with E-state index < -0.39 is 58.6 Å². The zero-order valence-electron chi connectivity index (χ0n) is 49.5. The zero-order valence-corrected chi connectivity index (χ0v) is 55.4. The highest BCUT2D eigenvalue weighted by Crippen LogP contribution is 2.29. The van der Waals surface area contributed by atoms with Gasteiger partial charge in [-0.15, -0.1) is 0 Å². The predicted molar refractivity (Wildman–Crippen MR) is 335 cm³/mol. The van der Waals surface area contributed by atoms with Crippen molar-refractivity contribution in [2.24, 2.45) is 0 Å². The van der Waals surface area contributed by atoms with E-state index in [2.05, 4.69) is 49.3 Å². The largest absolute Gasteiger partial charge is 0.465 e. The molecule has 1 aromatic carbocycles. The molecule has 1 unspecified atom stereocenters. The molecule has 90 heavy (non-hydrogen) atoms. The van der Waals surface area contributed by atoms with Crippen LogP contribution in [0.2, 0.25) is 25.8 Å². The molecule has 474 valence electrons. The van der Waals surface area contributed by atoms with E-state index in [4.69, 9.17) is 79.3 Å². The van der Waals surface area contributed by atoms with Crippen molar-refractivity contribution in [1.29, 1.82) is 10.5 Å². The monoisotopic (exact) mass is 1450 g/mol. The first-order valence-corrected chi connectivity index (χ1v) is 29.0. The standard InChI is InChI=1S/C15H11ClF2N2O.C14H15ClN2O4.C9H7ClN2O2.C8H7ClN2O.C7H5ClINO2.C7H11NO2/c16-14-13-10(3-5-19-14)4-6-20(15(13)21)8-9-1-2-11(17)12(18)7-9;1-14(2,3)21-12(18)9(7-16)8-5-6-17-11(15)10(8)13(19)20-4;1-14-9(13)7-6(2-4-11)3-5-12-8(7)10;9-7-6-5(1-3-10-7)2-4-11-8(6)12;1-12-7(11)5-4(9)2-3-10-6(5)8;1-7(2,3)10-6(9)5-8-4/h1-3,5,7H,4,6,8H2;5-6,9H,1-4H3;3,5H,2H2,1H3;1,3H,2,4H2,(H,11,12);2-3H,1H3;5H2,1-3H3. The molecule has 2 aliphatic heterocycles. The Morgan fingerprint density at radius 3 is 1.71 bits per heavy atom. The van der Waals surface area contributed by atoms with Crippen molar-refractivity contribution in [1.82, 2.24) is 35.1 Å². The Kier molecular flexibility index (Phi) is 30.8. The molecule has 0 spiro atoms. The predicted octanol–water partition coefficient (Wildman–Crippen LogP) is 11.7. The quantitative estimate of drug-likeness (QED) is 0.0462. The summed E-state index contributed by atoms with van der Waals surface area (Å²) in [5.41, 5.74) is 3.10. The van der Waals surface area contributed by atoms with E-state index >= 15 is 0 Å². The average Bonchev–Trinajstić information content (AvgIpc) is 1.35. The number of benzene rings is 1. The molecule has 5 aromatic heterocycles. The topological polar surface area (TPSA) is 297 Å². The molecule has 1 atom stereocenters. The van der Waals surface area contributed by atoms with Crippen molar-refractivity contribution < 1.29 is 66.0 Å². The lowest BCUT2D eigenvalue weighted by atomic mass is 9.96. The van der Waals surface area contributed by atoms with Crippen molar-refractivity contribution >= 4 is 122 Å². The van der Waals surface area contributed by atoms with Gasteiger partial charge in [-0.3, -0.25) is 14.4 Å². The van der Waals surface area contributed by atoms with Crippen LogP contribution in [0.5, 0.6) is 0 Å². The fourth-order valence-corrected chi connectivity index (χ4v) is 9.57. The van der Waals surface area contributed by atoms with E-state index in [0.29, 0.717) is 52.5 Å². The summed E-state index contributed by atoms with van der Waals surface area (Å²) in [5.74, 6) is -6.50. The van der Waals surface area contributed by atoms with Gasteiger partial charge in [0.1, 0.15) is 53.7 Å². The van der Waals surface area contributed by atoms with Gasteiger partial charge in [-0.1, -0.05) is 64.1 Å². The molecule has 0 saturated carbocycles. The van der Waals surface area contributed by atoms with Gasteiger partial charge < -0.3 is 38.7 Å². The maximum atomic E-state index is 13.2. The molecule has 0 aliphatic carbocycles. The van der Waals surface area contributed by atoms with E-state index in [1.165, 1.54) is 52.1 Å². The second-order valence-corrected chi connectivity index (χ2v) is 22.9. The number of esters is 5. The molecular weight excluding hydrogens is 1390 g/mol. The van der Waals surface area contributed by atoms with Crippen LogP contribution in [0.1, 0.15) is 127 Å². The van der Waals surface area contributed by atoms with Crippen LogP contribution >= 0.6 is 80.6 Å². The summed E-state index contributed by atoms with van der Waals surface area (Å²) < 4.78 is 50.6. The van der Waals surface area contributed by atoms with Crippen molar-refractivity contribution in [3.8, 4) is 12.1 Å². The number of hydrogen-bond acceptors (Lipinski definition) is 19. The molecule has 6 aromatic rings. The first-order valence-electron chi connectivity index (χ1n) is 26.0. The smallest absolute Gasteiger partial charge is 0.387 e. The number of nitriles is 2. The number of carbonyl (C=O) groups excluding carboxylic acids is 7. The van der Waals surface area contributed by atoms with Gasteiger partial charge in [0, 0.05) is 54.2 Å². The van der Waals surface area contributed by atoms with Crippen LogP contribution in [-0.2, 0) is 59.1 Å². The number of fused-ring (bicyclic) bond motifs is 2. The lowest BCUT2D eigenvalue weighted by Crippen LogP contribution is -2.37. The SMILES string of the molecule is COC(=O)c1c(C(C#N)C(=O)OC(C)(C)C)ccnc1Cl.COC(=O)c1c(CC#N)ccnc1Cl.COC(=O)c1c(I)ccnc1Cl.O=C1NCCc2ccnc(Cl)c21.O=C1c2c(ccnc2Cl)CCN1Cc1ccc(F)c(F)c1.[C-]#[N+]CC(=O)OC(C)(C)C. The first kappa shape index (κ1) is 76.0. The van der Waals surface area contributed by atoms with Crippen LogP contribution in [0.4, 0.5) is 8.78 Å². The number of methoxy groups -OCH3 is 3. The van der Waals surface area contributed by atoms with Crippen molar-refractivity contribution in [2.45, 2.75) is 84.5 Å². The fourth-order valence-electron chi connectivity index (χ4n) is 7.52. The van der Waals surface area contributed by atoms with E-state index in [-0.39, 0.29) is 68.6 Å². The highest BCUT2D eigenvalue weighted by molar-refractivity contribution is 14.1. The van der Waals surface area contributed by atoms with Crippen molar-refractivity contribution in [3.63, 3.8) is 0 Å². The number of aromatic nitrogens is 5. The van der Waals surface area contributed by atoms with Gasteiger partial charge in [0.25, 0.3) is 11.8 Å². The Hall–Kier alpha value is -8.23. The maximum absolute atomic E-state index is 13.2. The molecule has 0 radical (unpaired) electrons. The highest BCUT2D eigenvalue weighted by Gasteiger charge is 2.32. The number of carbonyl (C=O) groups is 7. The van der Waals surface area contributed by atoms with Crippen molar-refractivity contribution in [2.75, 3.05) is 41.0 Å². The summed E-state index contributed by atoms with van der Waals surface area (Å²) in [4.78, 5) is 104. The fraction of sp³-hybridized carbons (Fsp3) is 0.317. The number of nitrogens with one attached hydrogen (secondary N) is 1. The summed E-state index contributed by atoms with van der Waals surface area (Å²) in [6, 6.07) is 15.6. The Morgan fingerprint density at radius 1 is 0.689 bits per heavy atom. The third-order valence-electron chi connectivity index (χ3n) is 11.3. The van der Waals surface area contributed by atoms with Crippen LogP contribution in [0.25, 0.3) is 4.85 Å². The normalized spacial score (nSPS) is 12.0. The second-order valence-electron chi connectivity index (χ2n) is 20.0. The molecule has 22 nitrogen and oxygen atoms in total. The summed E-state index contributed by atoms with van der Waals surface area (Å²) in [6.45, 7) is 17.9. The third kappa shape index (κ3) is 23.3. The molecule has 1 N–H and O–H groups in total. The number of pyridine rings is 5. The number of nitrogens with zero attached hydrogens (tertiary/aromatic N) is 9. The Balaban J connectivity index is 0.000000289. The van der Waals surface area contributed by atoms with Gasteiger partial charge in [0.05, 0.1) is 51.0 Å². The molecule has 0 bridgehead atoms. The van der Waals surface area contributed by atoms with Gasteiger partial charge >= 0.3 is 36.4 Å². The third-order valence-corrected chi connectivity index (χ3v) is 13.7. The molecular formula is C60H56Cl5F2IN10O12. The van der Waals surface area contributed by atoms with E-state index in [1.54, 1.807) is 77.0 Å². The second kappa shape index (κ2) is 36.4. The minimum Gasteiger partial charge on any atom is -0.465 e. The van der Waals surface area contributed by atoms with E-state index in [0.717, 1.165) is 33.3 Å². The minimum atomic E-state index is -1.29. The van der Waals surface area contributed by atoms with Gasteiger partial charge in [-0.2, -0.15) is 10.5 Å². The number of rotatable bonds is 9. The van der Waals surface area contributed by atoms with E-state index in [9.17, 15) is 47.6 Å². The molecule has 0 fully saturated rings. The van der Waals surface area contributed by atoms with Crippen LogP contribution < -0.4 is 5.32 Å². The Morgan fingerprint density at radius 2 is 1.19 bits per heavy atom. The van der Waals surface area contributed by atoms with Gasteiger partial charge in [0.15, 0.2) is 17.6 Å². The summed E-state index contributed by atoms with van der Waals surface area (Å²) >= 11 is 31.0. The summed E-state index contributed by atoms with van der Waals surface area (Å²) in [6.07, 6.45) is 9.08. The Bertz CT molecular complexity index is 3720. The van der Waals surface area contributed by atoms with Gasteiger partial charge in [-0.25, -0.2) is 59.5 Å². The number of halogens is 8. The molecule has 2 aliphatic rings. The average molecular weight is 1450 g/mol. The lowest BCUT2D eigenvalue weighted by molar-refractivity contribution is -0.155. The number of amides is 2. The van der Waals surface area contributed by atoms with Gasteiger partial charge in [-0.05, 0) is 147 Å². The van der Waals surface area contributed by atoms with Crippen molar-refractivity contribution in [3.05, 3.63) is 188 Å². The number of hydrogen-bond donors (Lipinski definition) is 1. The summed E-state index contributed by atoms with van der Waals surface area (Å²) in [7, 11) is 3.73. The van der Waals surface area contributed by atoms with Crippen LogP contribution in [0, 0.1) is 44.4 Å². The van der Waals surface area contributed by atoms with Crippen LogP contribution in [0.3, 0.4) is 0 Å². The summed E-state index contributed by atoms with van der Waals surface area (Å²) in [5, 5.41) is 21.1. The molecule has 7 heterocycles. The molecule has 30 heteroatoms. The molecule has 8 rings (SSSR count). The van der Waals surface area contributed by atoms with E-state index in [1.807, 2.05) is 40.8 Å². The first-order chi connectivity index (χ1) is 42.4. The van der Waals surface area contributed by atoms with Crippen LogP contribution in [-0.4, -0.2) is 124 Å². The molecule has 0 saturated heterocycles. The highest BCUT2D eigenvalue weighted by atomic mass is 127. The van der Waals surface area contributed by atoms with Crippen LogP contribution in [0.15, 0.2) is 79.5 Å². The Labute approximate surface area is 555 Å². The number of ether oxygens (including phenoxy) is 5. The molecule has 2 amide bonds. The lowest BCUT2D eigenvalue weighted by Gasteiger charge is -2.28. The van der Waals surface area contributed by atoms with Gasteiger partial charge in [0.2, 0.25) is 0 Å². The minimum absolute atomic E-state index is 0.0598. The zero-order chi connectivity index (χ0) is 67.6. The maximum Gasteiger partial charge on any atom is 0.387 e.